The molecule has 1 heterocycles. The standard InChI is InChI=1S/C21H22Br2N2O5/c1-2-10-5-3-4-6-13(10)24-14(26)9-30-15(27)8-25-20(28)16-11-7-12(17(16)21(25)29)19(23)18(11)22/h3-6,11-12,16-19H,2,7-9H2,1H3,(H,24,26)/t11-,12-,16-,17+,18-,19+/m1/s1. The van der Waals surface area contributed by atoms with Crippen molar-refractivity contribution in [3.63, 3.8) is 0 Å². The monoisotopic (exact) mass is 540 g/mol. The van der Waals surface area contributed by atoms with Gasteiger partial charge in [-0.15, -0.1) is 0 Å². The van der Waals surface area contributed by atoms with E-state index in [0.717, 1.165) is 23.3 Å². The Labute approximate surface area is 191 Å². The van der Waals surface area contributed by atoms with E-state index in [4.69, 9.17) is 4.74 Å². The van der Waals surface area contributed by atoms with E-state index in [0.29, 0.717) is 5.69 Å². The third-order valence-corrected chi connectivity index (χ3v) is 9.61. The van der Waals surface area contributed by atoms with Crippen molar-refractivity contribution in [2.45, 2.75) is 29.4 Å². The van der Waals surface area contributed by atoms with Gasteiger partial charge < -0.3 is 10.1 Å². The van der Waals surface area contributed by atoms with E-state index in [2.05, 4.69) is 37.2 Å². The molecule has 6 atom stereocenters. The van der Waals surface area contributed by atoms with Crippen molar-refractivity contribution < 1.29 is 23.9 Å². The van der Waals surface area contributed by atoms with Gasteiger partial charge in [0.2, 0.25) is 11.8 Å². The van der Waals surface area contributed by atoms with Crippen LogP contribution in [0.3, 0.4) is 0 Å². The molecule has 3 amide bonds. The highest BCUT2D eigenvalue weighted by Crippen LogP contribution is 2.60. The van der Waals surface area contributed by atoms with Crippen LogP contribution in [-0.2, 0) is 30.3 Å². The molecule has 4 rings (SSSR count). The van der Waals surface area contributed by atoms with Crippen molar-refractivity contribution >= 4 is 61.2 Å². The molecule has 0 aromatic heterocycles. The average Bonchev–Trinajstić information content (AvgIpc) is 3.33. The number of esters is 1. The molecule has 1 saturated heterocycles. The van der Waals surface area contributed by atoms with Gasteiger partial charge in [0, 0.05) is 15.3 Å². The number of hydrogen-bond acceptors (Lipinski definition) is 5. The maximum atomic E-state index is 12.8. The predicted molar refractivity (Wildman–Crippen MR) is 116 cm³/mol. The molecular weight excluding hydrogens is 520 g/mol. The van der Waals surface area contributed by atoms with E-state index >= 15 is 0 Å². The number of carbonyl (C=O) groups excluding carboxylic acids is 4. The van der Waals surface area contributed by atoms with Gasteiger partial charge >= 0.3 is 5.97 Å². The van der Waals surface area contributed by atoms with Crippen LogP contribution in [0.4, 0.5) is 5.69 Å². The zero-order valence-corrected chi connectivity index (χ0v) is 19.5. The van der Waals surface area contributed by atoms with Crippen LogP contribution >= 0.6 is 31.9 Å². The average molecular weight is 542 g/mol. The van der Waals surface area contributed by atoms with E-state index in [9.17, 15) is 19.2 Å². The van der Waals surface area contributed by atoms with Crippen LogP contribution in [0, 0.1) is 23.7 Å². The number of anilines is 1. The Hall–Kier alpha value is -1.74. The van der Waals surface area contributed by atoms with Crippen LogP contribution in [0.1, 0.15) is 18.9 Å². The fourth-order valence-corrected chi connectivity index (χ4v) is 6.90. The molecule has 0 unspecified atom stereocenters. The Balaban J connectivity index is 1.32. The quantitative estimate of drug-likeness (QED) is 0.339. The molecule has 2 bridgehead atoms. The Morgan fingerprint density at radius 1 is 1.10 bits per heavy atom. The number of nitrogens with one attached hydrogen (secondary N) is 1. The minimum Gasteiger partial charge on any atom is -0.454 e. The molecule has 1 aromatic rings. The predicted octanol–water partition coefficient (Wildman–Crippen LogP) is 2.51. The maximum Gasteiger partial charge on any atom is 0.326 e. The molecule has 1 aliphatic heterocycles. The number of ether oxygens (including phenoxy) is 1. The number of amides is 3. The lowest BCUT2D eigenvalue weighted by Gasteiger charge is -2.28. The highest BCUT2D eigenvalue weighted by molar-refractivity contribution is 9.12. The normalized spacial score (nSPS) is 31.8. The summed E-state index contributed by atoms with van der Waals surface area (Å²) in [4.78, 5) is 51.3. The maximum absolute atomic E-state index is 12.8. The molecule has 7 nitrogen and oxygen atoms in total. The summed E-state index contributed by atoms with van der Waals surface area (Å²) in [6.07, 6.45) is 1.58. The number of rotatable bonds is 6. The van der Waals surface area contributed by atoms with E-state index < -0.39 is 25.0 Å². The number of para-hydroxylation sites is 1. The van der Waals surface area contributed by atoms with E-state index in [1.807, 2.05) is 25.1 Å². The molecule has 2 aliphatic carbocycles. The second kappa shape index (κ2) is 8.42. The second-order valence-corrected chi connectivity index (χ2v) is 10.1. The molecular formula is C21H22Br2N2O5. The molecule has 1 aromatic carbocycles. The topological polar surface area (TPSA) is 92.8 Å². The zero-order chi connectivity index (χ0) is 21.6. The molecule has 9 heteroatoms. The Bertz CT molecular complexity index is 875. The summed E-state index contributed by atoms with van der Waals surface area (Å²) >= 11 is 7.26. The Morgan fingerprint density at radius 3 is 2.30 bits per heavy atom. The summed E-state index contributed by atoms with van der Waals surface area (Å²) < 4.78 is 5.03. The number of fused-ring (bicyclic) bond motifs is 5. The van der Waals surface area contributed by atoms with Crippen molar-refractivity contribution in [1.29, 1.82) is 0 Å². The Morgan fingerprint density at radius 2 is 1.70 bits per heavy atom. The van der Waals surface area contributed by atoms with Gasteiger partial charge in [-0.05, 0) is 36.3 Å². The van der Waals surface area contributed by atoms with Crippen LogP contribution in [0.15, 0.2) is 24.3 Å². The van der Waals surface area contributed by atoms with Gasteiger partial charge in [0.15, 0.2) is 6.61 Å². The van der Waals surface area contributed by atoms with E-state index in [-0.39, 0.29) is 45.1 Å². The van der Waals surface area contributed by atoms with Crippen molar-refractivity contribution in [2.75, 3.05) is 18.5 Å². The van der Waals surface area contributed by atoms with Crippen LogP contribution < -0.4 is 5.32 Å². The number of aryl methyl sites for hydroxylation is 1. The molecule has 2 saturated carbocycles. The highest BCUT2D eigenvalue weighted by Gasteiger charge is 2.66. The second-order valence-electron chi connectivity index (χ2n) is 7.99. The lowest BCUT2D eigenvalue weighted by molar-refractivity contribution is -0.154. The van der Waals surface area contributed by atoms with Gasteiger partial charge in [0.1, 0.15) is 6.54 Å². The van der Waals surface area contributed by atoms with Crippen molar-refractivity contribution in [2.24, 2.45) is 23.7 Å². The summed E-state index contributed by atoms with van der Waals surface area (Å²) in [7, 11) is 0. The Kier molecular flexibility index (Phi) is 6.03. The summed E-state index contributed by atoms with van der Waals surface area (Å²) in [5.41, 5.74) is 1.64. The van der Waals surface area contributed by atoms with Crippen LogP contribution in [-0.4, -0.2) is 51.4 Å². The molecule has 30 heavy (non-hydrogen) atoms. The molecule has 0 spiro atoms. The number of alkyl halides is 2. The first-order valence-electron chi connectivity index (χ1n) is 10.00. The summed E-state index contributed by atoms with van der Waals surface area (Å²) in [5.74, 6) is -2.42. The van der Waals surface area contributed by atoms with Gasteiger partial charge in [-0.3, -0.25) is 24.1 Å². The summed E-state index contributed by atoms with van der Waals surface area (Å²) in [6.45, 7) is 1.05. The summed E-state index contributed by atoms with van der Waals surface area (Å²) in [6, 6.07) is 7.38. The first-order valence-corrected chi connectivity index (χ1v) is 11.8. The minimum absolute atomic E-state index is 0.0891. The molecule has 160 valence electrons. The van der Waals surface area contributed by atoms with Crippen molar-refractivity contribution in [3.8, 4) is 0 Å². The van der Waals surface area contributed by atoms with E-state index in [1.165, 1.54) is 0 Å². The smallest absolute Gasteiger partial charge is 0.326 e. The number of nitrogens with zero attached hydrogens (tertiary/aromatic N) is 1. The fraction of sp³-hybridized carbons (Fsp3) is 0.524. The minimum atomic E-state index is -0.770. The van der Waals surface area contributed by atoms with Crippen molar-refractivity contribution in [3.05, 3.63) is 29.8 Å². The number of imide groups is 1. The first-order chi connectivity index (χ1) is 14.3. The molecule has 3 fully saturated rings. The van der Waals surface area contributed by atoms with E-state index in [1.54, 1.807) is 6.07 Å². The zero-order valence-electron chi connectivity index (χ0n) is 16.3. The fourth-order valence-electron chi connectivity index (χ4n) is 5.02. The number of carbonyl (C=O) groups is 4. The highest BCUT2D eigenvalue weighted by atomic mass is 79.9. The van der Waals surface area contributed by atoms with Crippen LogP contribution in [0.25, 0.3) is 0 Å². The number of likely N-dealkylation sites (tertiary alicyclic amines) is 1. The van der Waals surface area contributed by atoms with Gasteiger partial charge in [0.05, 0.1) is 11.8 Å². The lowest BCUT2D eigenvalue weighted by atomic mass is 9.81. The largest absolute Gasteiger partial charge is 0.454 e. The third kappa shape index (κ3) is 3.60. The van der Waals surface area contributed by atoms with Gasteiger partial charge in [-0.1, -0.05) is 57.0 Å². The lowest BCUT2D eigenvalue weighted by Crippen LogP contribution is -2.38. The third-order valence-electron chi connectivity index (χ3n) is 6.40. The molecule has 3 aliphatic rings. The number of benzene rings is 1. The van der Waals surface area contributed by atoms with Crippen molar-refractivity contribution in [1.82, 2.24) is 4.90 Å². The van der Waals surface area contributed by atoms with Gasteiger partial charge in [0.25, 0.3) is 5.91 Å². The SMILES string of the molecule is CCc1ccccc1NC(=O)COC(=O)CN1C(=O)[C@@H]2[C@H]3C[C@@H]([C@H](Br)[C@@H]3Br)[C@@H]2C1=O. The van der Waals surface area contributed by atoms with Gasteiger partial charge in [-0.25, -0.2) is 0 Å². The van der Waals surface area contributed by atoms with Crippen LogP contribution in [0.2, 0.25) is 0 Å². The van der Waals surface area contributed by atoms with Gasteiger partial charge in [-0.2, -0.15) is 0 Å². The number of hydrogen-bond donors (Lipinski definition) is 1. The molecule has 0 radical (unpaired) electrons. The summed E-state index contributed by atoms with van der Waals surface area (Å²) in [5, 5.41) is 2.72. The molecule has 1 N–H and O–H groups in total. The first kappa shape index (κ1) is 21.5. The van der Waals surface area contributed by atoms with Crippen LogP contribution in [0.5, 0.6) is 0 Å². The number of halogens is 2.